The van der Waals surface area contributed by atoms with E-state index in [1.165, 1.54) is 45.4 Å². The number of anilines is 1. The van der Waals surface area contributed by atoms with E-state index in [9.17, 15) is 27.2 Å². The van der Waals surface area contributed by atoms with Crippen LogP contribution < -0.4 is 10.1 Å². The number of benzene rings is 1. The van der Waals surface area contributed by atoms with Gasteiger partial charge < -0.3 is 14.8 Å². The highest BCUT2D eigenvalue weighted by atomic mass is 19.4. The van der Waals surface area contributed by atoms with Crippen LogP contribution in [0.5, 0.6) is 5.75 Å². The third kappa shape index (κ3) is 4.19. The second kappa shape index (κ2) is 8.50. The predicted molar refractivity (Wildman–Crippen MR) is 107 cm³/mol. The van der Waals surface area contributed by atoms with Crippen molar-refractivity contribution in [2.75, 3.05) is 12.4 Å². The summed E-state index contributed by atoms with van der Waals surface area (Å²) in [7, 11) is 1.26. The predicted octanol–water partition coefficient (Wildman–Crippen LogP) is 4.51. The Morgan fingerprint density at radius 1 is 1.22 bits per heavy atom. The average Bonchev–Trinajstić information content (AvgIpc) is 3.00. The molecule has 0 aliphatic carbocycles. The van der Waals surface area contributed by atoms with Gasteiger partial charge in [0.15, 0.2) is 11.4 Å². The first-order valence-electron chi connectivity index (χ1n) is 9.75. The van der Waals surface area contributed by atoms with Gasteiger partial charge >= 0.3 is 6.18 Å². The van der Waals surface area contributed by atoms with Crippen LogP contribution in [0, 0.1) is 11.7 Å². The summed E-state index contributed by atoms with van der Waals surface area (Å²) in [4.78, 5) is 28.5. The maximum atomic E-state index is 13.9. The van der Waals surface area contributed by atoms with Gasteiger partial charge in [0.1, 0.15) is 23.4 Å². The van der Waals surface area contributed by atoms with Crippen molar-refractivity contribution in [3.8, 4) is 5.75 Å². The molecule has 6 nitrogen and oxygen atoms in total. The Morgan fingerprint density at radius 2 is 1.91 bits per heavy atom. The zero-order valence-electron chi connectivity index (χ0n) is 17.8. The van der Waals surface area contributed by atoms with Gasteiger partial charge in [0.25, 0.3) is 5.91 Å². The Hall–Kier alpha value is -3.01. The fourth-order valence-electron chi connectivity index (χ4n) is 3.90. The zero-order chi connectivity index (χ0) is 23.8. The molecule has 0 bridgehead atoms. The zero-order valence-corrected chi connectivity index (χ0v) is 17.8. The minimum Gasteiger partial charge on any atom is -0.496 e. The van der Waals surface area contributed by atoms with Crippen LogP contribution in [0.15, 0.2) is 36.5 Å². The number of rotatable bonds is 5. The number of aromatic nitrogens is 1. The summed E-state index contributed by atoms with van der Waals surface area (Å²) in [5, 5.41) is 2.50. The Balaban J connectivity index is 2.04. The maximum absolute atomic E-state index is 13.9. The SMILES string of the molecule is COc1cc(F)ccc1[C@@H]1[C@@H](C(=O)Nc2ccnc(C(C)=O)c2)O[C@](C)(C(F)(F)F)[C@@H]1C. The molecule has 1 aromatic carbocycles. The lowest BCUT2D eigenvalue weighted by molar-refractivity contribution is -0.272. The summed E-state index contributed by atoms with van der Waals surface area (Å²) in [6.45, 7) is 3.50. The van der Waals surface area contributed by atoms with Gasteiger partial charge in [-0.2, -0.15) is 13.2 Å². The highest BCUT2D eigenvalue weighted by molar-refractivity contribution is 5.97. The lowest BCUT2D eigenvalue weighted by Gasteiger charge is -2.32. The number of ketones is 1. The number of nitrogens with one attached hydrogen (secondary N) is 1. The molecule has 1 aromatic heterocycles. The van der Waals surface area contributed by atoms with Crippen molar-refractivity contribution in [3.05, 3.63) is 53.6 Å². The van der Waals surface area contributed by atoms with Crippen molar-refractivity contribution in [2.45, 2.75) is 44.6 Å². The molecule has 1 N–H and O–H groups in total. The van der Waals surface area contributed by atoms with E-state index in [0.29, 0.717) is 0 Å². The first kappa shape index (κ1) is 23.6. The van der Waals surface area contributed by atoms with Crippen molar-refractivity contribution in [1.29, 1.82) is 0 Å². The third-order valence-corrected chi connectivity index (χ3v) is 5.87. The summed E-state index contributed by atoms with van der Waals surface area (Å²) >= 11 is 0. The minimum atomic E-state index is -4.77. The fourth-order valence-corrected chi connectivity index (χ4v) is 3.90. The largest absolute Gasteiger partial charge is 0.496 e. The Bertz CT molecular complexity index is 1040. The van der Waals surface area contributed by atoms with Gasteiger partial charge in [0, 0.05) is 42.3 Å². The van der Waals surface area contributed by atoms with Crippen LogP contribution in [0.25, 0.3) is 0 Å². The van der Waals surface area contributed by atoms with Crippen molar-refractivity contribution >= 4 is 17.4 Å². The number of carbonyl (C=O) groups is 2. The molecule has 0 saturated carbocycles. The van der Waals surface area contributed by atoms with Crippen LogP contribution >= 0.6 is 0 Å². The van der Waals surface area contributed by atoms with E-state index >= 15 is 0 Å². The van der Waals surface area contributed by atoms with E-state index in [1.54, 1.807) is 0 Å². The van der Waals surface area contributed by atoms with Crippen LogP contribution in [0.1, 0.15) is 42.7 Å². The maximum Gasteiger partial charge on any atom is 0.417 e. The second-order valence-electron chi connectivity index (χ2n) is 7.82. The third-order valence-electron chi connectivity index (χ3n) is 5.87. The summed E-state index contributed by atoms with van der Waals surface area (Å²) in [5.74, 6) is -4.11. The van der Waals surface area contributed by atoms with Gasteiger partial charge in [-0.15, -0.1) is 0 Å². The van der Waals surface area contributed by atoms with Crippen LogP contribution in [0.3, 0.4) is 0 Å². The van der Waals surface area contributed by atoms with E-state index in [-0.39, 0.29) is 28.5 Å². The van der Waals surface area contributed by atoms with E-state index in [2.05, 4.69) is 10.3 Å². The minimum absolute atomic E-state index is 0.0115. The molecule has 2 aromatic rings. The highest BCUT2D eigenvalue weighted by Gasteiger charge is 2.65. The standard InChI is InChI=1S/C22H22F4N2O4/c1-11-18(15-6-5-13(23)9-17(15)31-4)19(32-21(11,3)22(24,25)26)20(30)28-14-7-8-27-16(10-14)12(2)29/h5-11,18-19H,1-4H3,(H,27,28,30)/t11-,18-,19+,21+/m1/s1. The van der Waals surface area contributed by atoms with E-state index in [4.69, 9.17) is 9.47 Å². The molecule has 3 rings (SSSR count). The molecule has 172 valence electrons. The van der Waals surface area contributed by atoms with Crippen LogP contribution in [-0.2, 0) is 9.53 Å². The number of halogens is 4. The normalized spacial score (nSPS) is 25.4. The fraction of sp³-hybridized carbons (Fsp3) is 0.409. The summed E-state index contributed by atoms with van der Waals surface area (Å²) in [5.41, 5.74) is -2.16. The number of amides is 1. The van der Waals surface area contributed by atoms with E-state index in [0.717, 1.165) is 19.1 Å². The van der Waals surface area contributed by atoms with Crippen molar-refractivity contribution in [3.63, 3.8) is 0 Å². The number of alkyl halides is 3. The van der Waals surface area contributed by atoms with Gasteiger partial charge in [-0.05, 0) is 25.1 Å². The molecule has 32 heavy (non-hydrogen) atoms. The van der Waals surface area contributed by atoms with Crippen molar-refractivity contribution < 1.29 is 36.6 Å². The molecule has 10 heteroatoms. The summed E-state index contributed by atoms with van der Waals surface area (Å²) < 4.78 is 66.1. The Kier molecular flexibility index (Phi) is 6.28. The van der Waals surface area contributed by atoms with E-state index < -0.39 is 41.4 Å². The summed E-state index contributed by atoms with van der Waals surface area (Å²) in [6, 6.07) is 6.14. The number of ether oxygens (including phenoxy) is 2. The Morgan fingerprint density at radius 3 is 2.50 bits per heavy atom. The molecule has 1 aliphatic heterocycles. The number of pyridine rings is 1. The van der Waals surface area contributed by atoms with Gasteiger partial charge in [-0.25, -0.2) is 4.39 Å². The number of nitrogens with zero attached hydrogens (tertiary/aromatic N) is 1. The molecule has 0 spiro atoms. The number of methoxy groups -OCH3 is 1. The molecule has 1 fully saturated rings. The molecule has 2 heterocycles. The molecule has 1 amide bonds. The molecule has 4 atom stereocenters. The van der Waals surface area contributed by atoms with Gasteiger partial charge in [-0.3, -0.25) is 14.6 Å². The topological polar surface area (TPSA) is 77.5 Å². The van der Waals surface area contributed by atoms with Crippen LogP contribution in [0.4, 0.5) is 23.2 Å². The number of hydrogen-bond donors (Lipinski definition) is 1. The molecule has 0 radical (unpaired) electrons. The van der Waals surface area contributed by atoms with Crippen molar-refractivity contribution in [1.82, 2.24) is 4.98 Å². The molecular formula is C22H22F4N2O4. The van der Waals surface area contributed by atoms with Crippen LogP contribution in [-0.4, -0.2) is 41.7 Å². The molecule has 1 saturated heterocycles. The van der Waals surface area contributed by atoms with Crippen molar-refractivity contribution in [2.24, 2.45) is 5.92 Å². The quantitative estimate of drug-likeness (QED) is 0.531. The first-order chi connectivity index (χ1) is 14.9. The lowest BCUT2D eigenvalue weighted by atomic mass is 9.77. The molecule has 0 unspecified atom stereocenters. The average molecular weight is 454 g/mol. The van der Waals surface area contributed by atoms with Crippen LogP contribution in [0.2, 0.25) is 0 Å². The molecular weight excluding hydrogens is 432 g/mol. The first-order valence-corrected chi connectivity index (χ1v) is 9.75. The highest BCUT2D eigenvalue weighted by Crippen LogP contribution is 2.54. The van der Waals surface area contributed by atoms with Gasteiger partial charge in [-0.1, -0.05) is 13.0 Å². The number of carbonyl (C=O) groups excluding carboxylic acids is 2. The smallest absolute Gasteiger partial charge is 0.417 e. The van der Waals surface area contributed by atoms with Gasteiger partial charge in [0.2, 0.25) is 0 Å². The monoisotopic (exact) mass is 454 g/mol. The van der Waals surface area contributed by atoms with E-state index in [1.807, 2.05) is 0 Å². The lowest BCUT2D eigenvalue weighted by Crippen LogP contribution is -2.47. The second-order valence-corrected chi connectivity index (χ2v) is 7.82. The van der Waals surface area contributed by atoms with Gasteiger partial charge in [0.05, 0.1) is 7.11 Å². The number of hydrogen-bond acceptors (Lipinski definition) is 5. The summed E-state index contributed by atoms with van der Waals surface area (Å²) in [6.07, 6.45) is -5.04. The number of Topliss-reactive ketones (excluding diaryl/α,β-unsaturated/α-hetero) is 1. The molecule has 1 aliphatic rings. The Labute approximate surface area is 181 Å².